The lowest BCUT2D eigenvalue weighted by atomic mass is 9.81. The van der Waals surface area contributed by atoms with Crippen LogP contribution >= 0.6 is 0 Å². The monoisotopic (exact) mass is 599 g/mol. The molecule has 2 aliphatic carbocycles. The van der Waals surface area contributed by atoms with Crippen molar-refractivity contribution in [2.75, 3.05) is 0 Å². The molecule has 242 valence electrons. The summed E-state index contributed by atoms with van der Waals surface area (Å²) < 4.78 is 5.50. The highest BCUT2D eigenvalue weighted by Gasteiger charge is 2.36. The number of carbonyl (C=O) groups is 3. The van der Waals surface area contributed by atoms with E-state index in [-0.39, 0.29) is 36.1 Å². The van der Waals surface area contributed by atoms with Gasteiger partial charge in [-0.2, -0.15) is 0 Å². The first-order chi connectivity index (χ1) is 20.3. The van der Waals surface area contributed by atoms with Gasteiger partial charge in [-0.05, 0) is 75.3 Å². The molecule has 3 amide bonds. The molecule has 0 aromatic heterocycles. The van der Waals surface area contributed by atoms with Crippen molar-refractivity contribution in [3.05, 3.63) is 35.4 Å². The lowest BCUT2D eigenvalue weighted by molar-refractivity contribution is -0.136. The van der Waals surface area contributed by atoms with Gasteiger partial charge in [0.1, 0.15) is 5.60 Å². The standard InChI is InChI=1S/C35H57N3O5/c1-8-23(4)31(36-27-19-25-16-12-13-17-26(25)20-27)33(41)38-32(40)28(22(2)3)21-30(39)29(18-24-14-10-9-11-15-24)37-34(42)43-35(5,6)7/h12-13,16-17,22-24,27-31,36,39H,8-11,14-15,18-21H2,1-7H3,(H,37,42)(H,38,40,41)/t23-,28-,29-,30-,31-/m0/s1. The van der Waals surface area contributed by atoms with Crippen LogP contribution in [0.4, 0.5) is 4.79 Å². The number of amides is 3. The highest BCUT2D eigenvalue weighted by atomic mass is 16.6. The highest BCUT2D eigenvalue weighted by Crippen LogP contribution is 2.30. The predicted octanol–water partition coefficient (Wildman–Crippen LogP) is 5.69. The van der Waals surface area contributed by atoms with Crippen LogP contribution in [0, 0.1) is 23.7 Å². The minimum atomic E-state index is -0.955. The largest absolute Gasteiger partial charge is 0.444 e. The Labute approximate surface area is 259 Å². The minimum Gasteiger partial charge on any atom is -0.444 e. The average molecular weight is 600 g/mol. The summed E-state index contributed by atoms with van der Waals surface area (Å²) in [5, 5.41) is 20.6. The molecule has 1 fully saturated rings. The van der Waals surface area contributed by atoms with Crippen molar-refractivity contribution in [2.24, 2.45) is 23.7 Å². The van der Waals surface area contributed by atoms with E-state index in [9.17, 15) is 19.5 Å². The fraction of sp³-hybridized carbons (Fsp3) is 0.743. The molecule has 0 aliphatic heterocycles. The molecule has 1 saturated carbocycles. The zero-order valence-electron chi connectivity index (χ0n) is 27.6. The van der Waals surface area contributed by atoms with Crippen molar-refractivity contribution < 1.29 is 24.2 Å². The summed E-state index contributed by atoms with van der Waals surface area (Å²) in [6.07, 6.45) is 7.42. The van der Waals surface area contributed by atoms with Gasteiger partial charge in [0.25, 0.3) is 0 Å². The third-order valence-electron chi connectivity index (χ3n) is 9.32. The number of aliphatic hydroxyl groups is 1. The van der Waals surface area contributed by atoms with Crippen molar-refractivity contribution in [1.29, 1.82) is 0 Å². The molecule has 1 aromatic rings. The molecule has 0 unspecified atom stereocenters. The third kappa shape index (κ3) is 10.9. The normalized spacial score (nSPS) is 19.7. The molecule has 1 aromatic carbocycles. The first-order valence-electron chi connectivity index (χ1n) is 16.6. The summed E-state index contributed by atoms with van der Waals surface area (Å²) in [6.45, 7) is 13.4. The molecule has 0 spiro atoms. The van der Waals surface area contributed by atoms with E-state index >= 15 is 0 Å². The summed E-state index contributed by atoms with van der Waals surface area (Å²) in [7, 11) is 0. The van der Waals surface area contributed by atoms with E-state index < -0.39 is 35.8 Å². The molecule has 2 aliphatic rings. The average Bonchev–Trinajstić information content (AvgIpc) is 3.35. The molecule has 43 heavy (non-hydrogen) atoms. The molecule has 4 N–H and O–H groups in total. The van der Waals surface area contributed by atoms with E-state index in [0.717, 1.165) is 44.9 Å². The van der Waals surface area contributed by atoms with Gasteiger partial charge < -0.3 is 20.5 Å². The SMILES string of the molecule is CC[C@H](C)[C@H](NC1Cc2ccccc2C1)C(=O)NC(=O)[C@@H](C[C@H](O)[C@H](CC1CCCCC1)NC(=O)OC(C)(C)C)C(C)C. The lowest BCUT2D eigenvalue weighted by Crippen LogP contribution is -2.54. The number of rotatable bonds is 13. The van der Waals surface area contributed by atoms with Gasteiger partial charge in [0.15, 0.2) is 0 Å². The summed E-state index contributed by atoms with van der Waals surface area (Å²) >= 11 is 0. The van der Waals surface area contributed by atoms with Gasteiger partial charge in [-0.1, -0.05) is 90.5 Å². The summed E-state index contributed by atoms with van der Waals surface area (Å²) in [6, 6.07) is 7.46. The number of imide groups is 1. The zero-order chi connectivity index (χ0) is 31.7. The van der Waals surface area contributed by atoms with E-state index in [1.54, 1.807) is 0 Å². The second kappa shape index (κ2) is 16.0. The Kier molecular flexibility index (Phi) is 13.1. The van der Waals surface area contributed by atoms with Crippen LogP contribution in [0.25, 0.3) is 0 Å². The zero-order valence-corrected chi connectivity index (χ0v) is 27.6. The molecule has 8 nitrogen and oxygen atoms in total. The van der Waals surface area contributed by atoms with Crippen LogP contribution in [0.3, 0.4) is 0 Å². The molecule has 3 rings (SSSR count). The summed E-state index contributed by atoms with van der Waals surface area (Å²) in [5.41, 5.74) is 1.94. The van der Waals surface area contributed by atoms with E-state index in [2.05, 4.69) is 35.0 Å². The van der Waals surface area contributed by atoms with Crippen LogP contribution in [0.15, 0.2) is 24.3 Å². The minimum absolute atomic E-state index is 0.0394. The van der Waals surface area contributed by atoms with Gasteiger partial charge in [0.05, 0.1) is 18.2 Å². The Balaban J connectivity index is 1.67. The topological polar surface area (TPSA) is 117 Å². The second-order valence-electron chi connectivity index (χ2n) is 14.4. The van der Waals surface area contributed by atoms with Gasteiger partial charge in [0, 0.05) is 12.0 Å². The summed E-state index contributed by atoms with van der Waals surface area (Å²) in [4.78, 5) is 39.9. The molecule has 5 atom stereocenters. The van der Waals surface area contributed by atoms with Gasteiger partial charge in [-0.25, -0.2) is 4.79 Å². The summed E-state index contributed by atoms with van der Waals surface area (Å²) in [5.74, 6) is -0.961. The van der Waals surface area contributed by atoms with Gasteiger partial charge in [-0.3, -0.25) is 14.9 Å². The van der Waals surface area contributed by atoms with E-state index in [1.807, 2.05) is 53.7 Å². The van der Waals surface area contributed by atoms with Crippen LogP contribution in [-0.2, 0) is 27.2 Å². The molecule has 0 saturated heterocycles. The van der Waals surface area contributed by atoms with Gasteiger partial charge >= 0.3 is 6.09 Å². The lowest BCUT2D eigenvalue weighted by Gasteiger charge is -2.33. The van der Waals surface area contributed by atoms with Crippen LogP contribution < -0.4 is 16.0 Å². The fourth-order valence-electron chi connectivity index (χ4n) is 6.62. The van der Waals surface area contributed by atoms with E-state index in [4.69, 9.17) is 4.74 Å². The smallest absolute Gasteiger partial charge is 0.407 e. The molecule has 0 radical (unpaired) electrons. The van der Waals surface area contributed by atoms with Crippen molar-refractivity contribution in [1.82, 2.24) is 16.0 Å². The van der Waals surface area contributed by atoms with E-state index in [1.165, 1.54) is 17.5 Å². The Morgan fingerprint density at radius 2 is 1.58 bits per heavy atom. The predicted molar refractivity (Wildman–Crippen MR) is 170 cm³/mol. The van der Waals surface area contributed by atoms with Crippen molar-refractivity contribution in [2.45, 2.75) is 143 Å². The van der Waals surface area contributed by atoms with Crippen molar-refractivity contribution in [3.63, 3.8) is 0 Å². The van der Waals surface area contributed by atoms with Crippen molar-refractivity contribution >= 4 is 17.9 Å². The quantitative estimate of drug-likeness (QED) is 0.232. The van der Waals surface area contributed by atoms with E-state index in [0.29, 0.717) is 12.3 Å². The van der Waals surface area contributed by atoms with Crippen LogP contribution in [0.1, 0.15) is 111 Å². The molecular weight excluding hydrogens is 542 g/mol. The van der Waals surface area contributed by atoms with Crippen LogP contribution in [0.5, 0.6) is 0 Å². The molecule has 8 heteroatoms. The Bertz CT molecular complexity index is 1040. The van der Waals surface area contributed by atoms with Crippen molar-refractivity contribution in [3.8, 4) is 0 Å². The number of aliphatic hydroxyl groups excluding tert-OH is 1. The number of fused-ring (bicyclic) bond motifs is 1. The number of hydrogen-bond donors (Lipinski definition) is 4. The molecular formula is C35H57N3O5. The number of carbonyl (C=O) groups excluding carboxylic acids is 3. The highest BCUT2D eigenvalue weighted by molar-refractivity contribution is 5.99. The number of nitrogens with one attached hydrogen (secondary N) is 3. The number of hydrogen-bond acceptors (Lipinski definition) is 6. The second-order valence-corrected chi connectivity index (χ2v) is 14.4. The Hall–Kier alpha value is -2.45. The van der Waals surface area contributed by atoms with Crippen LogP contribution in [-0.4, -0.2) is 52.8 Å². The fourth-order valence-corrected chi connectivity index (χ4v) is 6.62. The number of alkyl carbamates (subject to hydrolysis) is 1. The molecule has 0 heterocycles. The maximum Gasteiger partial charge on any atom is 0.407 e. The Morgan fingerprint density at radius 1 is 0.977 bits per heavy atom. The number of ether oxygens (including phenoxy) is 1. The Morgan fingerprint density at radius 3 is 2.12 bits per heavy atom. The van der Waals surface area contributed by atoms with Gasteiger partial charge in [-0.15, -0.1) is 0 Å². The first kappa shape index (κ1) is 35.0. The molecule has 0 bridgehead atoms. The van der Waals surface area contributed by atoms with Gasteiger partial charge in [0.2, 0.25) is 11.8 Å². The van der Waals surface area contributed by atoms with Crippen LogP contribution in [0.2, 0.25) is 0 Å². The third-order valence-corrected chi connectivity index (χ3v) is 9.32. The first-order valence-corrected chi connectivity index (χ1v) is 16.6. The maximum atomic E-state index is 13.6. The number of benzene rings is 1. The maximum absolute atomic E-state index is 13.6.